The molecule has 2 saturated carbocycles. The Morgan fingerprint density at radius 3 is 2.68 bits per heavy atom. The summed E-state index contributed by atoms with van der Waals surface area (Å²) in [6.45, 7) is 10.3. The first-order valence-electron chi connectivity index (χ1n) is 13.0. The molecule has 2 bridgehead atoms. The number of aryl methyl sites for hydroxylation is 1. The lowest BCUT2D eigenvalue weighted by molar-refractivity contribution is -0.128. The third-order valence-electron chi connectivity index (χ3n) is 8.15. The molecule has 1 aromatic heterocycles. The van der Waals surface area contributed by atoms with Crippen molar-refractivity contribution >= 4 is 12.0 Å². The summed E-state index contributed by atoms with van der Waals surface area (Å²) in [7, 11) is 0. The van der Waals surface area contributed by atoms with E-state index in [1.54, 1.807) is 48.7 Å². The van der Waals surface area contributed by atoms with Crippen LogP contribution in [0.3, 0.4) is 0 Å². The molecule has 1 aliphatic heterocycles. The summed E-state index contributed by atoms with van der Waals surface area (Å²) in [6.07, 6.45) is 3.85. The van der Waals surface area contributed by atoms with E-state index in [0.717, 1.165) is 18.5 Å². The molecule has 8 nitrogen and oxygen atoms in total. The number of rotatable bonds is 6. The number of nitrogens with one attached hydrogen (secondary N) is 1. The van der Waals surface area contributed by atoms with Gasteiger partial charge in [0.1, 0.15) is 23.5 Å². The fourth-order valence-electron chi connectivity index (χ4n) is 6.52. The molecular weight excluding hydrogens is 473 g/mol. The molecule has 3 aliphatic rings. The molecule has 2 heterocycles. The van der Waals surface area contributed by atoms with Gasteiger partial charge >= 0.3 is 6.09 Å². The van der Waals surface area contributed by atoms with Crippen LogP contribution in [0.2, 0.25) is 0 Å². The molecule has 1 aromatic carbocycles. The topological polar surface area (TPSA) is 100 Å². The molecule has 196 valence electrons. The fraction of sp³-hybridized carbons (Fsp3) is 0.571. The second kappa shape index (κ2) is 9.16. The molecule has 2 aromatic rings. The zero-order valence-corrected chi connectivity index (χ0v) is 21.9. The Morgan fingerprint density at radius 1 is 1.30 bits per heavy atom. The number of aromatic nitrogens is 2. The van der Waals surface area contributed by atoms with Crippen molar-refractivity contribution < 1.29 is 18.7 Å². The predicted molar refractivity (Wildman–Crippen MR) is 134 cm³/mol. The number of ether oxygens (including phenoxy) is 1. The lowest BCUT2D eigenvalue weighted by Crippen LogP contribution is -2.56. The minimum atomic E-state index is -0.928. The maximum atomic E-state index is 15.0. The molecule has 2 amide bonds. The molecule has 3 fully saturated rings. The van der Waals surface area contributed by atoms with E-state index in [1.165, 1.54) is 6.07 Å². The van der Waals surface area contributed by atoms with E-state index < -0.39 is 29.6 Å². The smallest absolute Gasteiger partial charge is 0.411 e. The van der Waals surface area contributed by atoms with Gasteiger partial charge in [0.05, 0.1) is 12.3 Å². The molecule has 7 atom stereocenters. The number of likely N-dealkylation sites (tertiary alicyclic amines) is 1. The molecule has 37 heavy (non-hydrogen) atoms. The third kappa shape index (κ3) is 4.58. The van der Waals surface area contributed by atoms with Gasteiger partial charge in [-0.1, -0.05) is 19.1 Å². The molecule has 9 heteroatoms. The summed E-state index contributed by atoms with van der Waals surface area (Å²) in [5.41, 5.74) is 1.17. The van der Waals surface area contributed by atoms with Crippen LogP contribution < -0.4 is 5.32 Å². The van der Waals surface area contributed by atoms with Crippen LogP contribution in [-0.2, 0) is 22.5 Å². The highest BCUT2D eigenvalue weighted by Crippen LogP contribution is 2.67. The van der Waals surface area contributed by atoms with Gasteiger partial charge in [0.25, 0.3) is 0 Å². The summed E-state index contributed by atoms with van der Waals surface area (Å²) in [6, 6.07) is 5.34. The van der Waals surface area contributed by atoms with Crippen LogP contribution >= 0.6 is 0 Å². The van der Waals surface area contributed by atoms with E-state index in [-0.39, 0.29) is 24.3 Å². The highest BCUT2D eigenvalue weighted by atomic mass is 19.1. The normalized spacial score (nSPS) is 28.4. The van der Waals surface area contributed by atoms with E-state index in [4.69, 9.17) is 4.74 Å². The average molecular weight is 508 g/mol. The summed E-state index contributed by atoms with van der Waals surface area (Å²) in [5.74, 6) is 0.535. The number of halogens is 1. The second-order valence-electron chi connectivity index (χ2n) is 11.6. The number of benzene rings is 1. The number of hydrogen-bond donors (Lipinski definition) is 1. The van der Waals surface area contributed by atoms with Crippen LogP contribution in [-0.4, -0.2) is 50.4 Å². The van der Waals surface area contributed by atoms with Crippen LogP contribution in [0.1, 0.15) is 46.6 Å². The van der Waals surface area contributed by atoms with Crippen molar-refractivity contribution in [3.63, 3.8) is 0 Å². The summed E-state index contributed by atoms with van der Waals surface area (Å²) >= 11 is 0. The van der Waals surface area contributed by atoms with Crippen LogP contribution in [0.5, 0.6) is 0 Å². The maximum Gasteiger partial charge on any atom is 0.411 e. The van der Waals surface area contributed by atoms with E-state index in [9.17, 15) is 19.2 Å². The Hall–Kier alpha value is -3.41. The number of carbonyl (C=O) groups is 2. The Balaban J connectivity index is 1.30. The fourth-order valence-corrected chi connectivity index (χ4v) is 6.52. The minimum absolute atomic E-state index is 0.0156. The minimum Gasteiger partial charge on any atom is -0.444 e. The average Bonchev–Trinajstić information content (AvgIpc) is 3.24. The van der Waals surface area contributed by atoms with Crippen LogP contribution in [0.4, 0.5) is 9.18 Å². The number of amides is 2. The predicted octanol–water partition coefficient (Wildman–Crippen LogP) is 4.15. The first kappa shape index (κ1) is 25.2. The number of piperidine rings is 1. The zero-order valence-electron chi connectivity index (χ0n) is 21.9. The van der Waals surface area contributed by atoms with E-state index in [0.29, 0.717) is 28.9 Å². The molecule has 1 saturated heterocycles. The Kier molecular flexibility index (Phi) is 6.25. The van der Waals surface area contributed by atoms with Crippen molar-refractivity contribution in [2.45, 2.75) is 77.7 Å². The van der Waals surface area contributed by atoms with Gasteiger partial charge in [-0.25, -0.2) is 9.18 Å². The van der Waals surface area contributed by atoms with Gasteiger partial charge in [0.15, 0.2) is 0 Å². The monoisotopic (exact) mass is 507 g/mol. The first-order valence-corrected chi connectivity index (χ1v) is 13.0. The van der Waals surface area contributed by atoms with Crippen LogP contribution in [0.15, 0.2) is 30.6 Å². The standard InChI is InChI=1S/C28H34FN5O3/c1-6-33-14-18(13-31-33)16-7-8-17(21(29)10-16)9-19(12-30)32-26(35)25-20-11-22(24-15(2)23(20)24)34(25)27(36)37-28(3,4)5/h7-8,10,13-15,19-20,22-25H,6,9,11H2,1-5H3,(H,32,35)/t15-,19-,20+,22-,23-,24+,25-/m0/s1. The van der Waals surface area contributed by atoms with Crippen molar-refractivity contribution in [1.82, 2.24) is 20.0 Å². The van der Waals surface area contributed by atoms with Gasteiger partial charge in [-0.05, 0) is 75.0 Å². The SMILES string of the molecule is CCn1cc(-c2ccc(C[C@@H](C#N)NC(=O)[C@@H]3[C@@H]4C[C@@H]([C@H]5[C@@H](C)[C@@H]45)N3C(=O)OC(C)(C)C)c(F)c2)cn1. The quantitative estimate of drug-likeness (QED) is 0.633. The van der Waals surface area contributed by atoms with E-state index in [2.05, 4.69) is 23.4 Å². The lowest BCUT2D eigenvalue weighted by Gasteiger charge is -2.35. The van der Waals surface area contributed by atoms with Crippen molar-refractivity contribution in [3.05, 3.63) is 42.0 Å². The van der Waals surface area contributed by atoms with Gasteiger partial charge in [-0.2, -0.15) is 10.4 Å². The zero-order chi connectivity index (χ0) is 26.6. The van der Waals surface area contributed by atoms with E-state index in [1.807, 2.05) is 13.1 Å². The number of hydrogen-bond acceptors (Lipinski definition) is 5. The molecule has 1 N–H and O–H groups in total. The number of nitrogens with zero attached hydrogens (tertiary/aromatic N) is 4. The maximum absolute atomic E-state index is 15.0. The highest BCUT2D eigenvalue weighted by molar-refractivity contribution is 5.88. The largest absolute Gasteiger partial charge is 0.444 e. The Morgan fingerprint density at radius 2 is 2.05 bits per heavy atom. The van der Waals surface area contributed by atoms with Gasteiger partial charge < -0.3 is 10.1 Å². The number of fused-ring (bicyclic) bond motifs is 5. The summed E-state index contributed by atoms with van der Waals surface area (Å²) in [5, 5.41) is 16.8. The third-order valence-corrected chi connectivity index (χ3v) is 8.15. The molecule has 0 unspecified atom stereocenters. The Labute approximate surface area is 216 Å². The van der Waals surface area contributed by atoms with Crippen LogP contribution in [0.25, 0.3) is 11.1 Å². The van der Waals surface area contributed by atoms with Crippen molar-refractivity contribution in [2.75, 3.05) is 0 Å². The van der Waals surface area contributed by atoms with Crippen molar-refractivity contribution in [2.24, 2.45) is 23.7 Å². The van der Waals surface area contributed by atoms with Crippen molar-refractivity contribution in [1.29, 1.82) is 5.26 Å². The molecule has 0 spiro atoms. The molecular formula is C28H34FN5O3. The molecule has 2 aliphatic carbocycles. The highest BCUT2D eigenvalue weighted by Gasteiger charge is 2.71. The van der Waals surface area contributed by atoms with Gasteiger partial charge in [0.2, 0.25) is 5.91 Å². The first-order chi connectivity index (χ1) is 17.5. The summed E-state index contributed by atoms with van der Waals surface area (Å²) in [4.78, 5) is 28.2. The number of carbonyl (C=O) groups excluding carboxylic acids is 2. The van der Waals surface area contributed by atoms with Crippen LogP contribution in [0, 0.1) is 40.8 Å². The van der Waals surface area contributed by atoms with Gasteiger partial charge in [-0.15, -0.1) is 0 Å². The molecule has 0 radical (unpaired) electrons. The van der Waals surface area contributed by atoms with Gasteiger partial charge in [0, 0.05) is 30.8 Å². The van der Waals surface area contributed by atoms with Crippen molar-refractivity contribution in [3.8, 4) is 17.2 Å². The van der Waals surface area contributed by atoms with E-state index >= 15 is 0 Å². The lowest BCUT2D eigenvalue weighted by atomic mass is 9.94. The second-order valence-corrected chi connectivity index (χ2v) is 11.6. The summed E-state index contributed by atoms with van der Waals surface area (Å²) < 4.78 is 22.4. The molecule has 5 rings (SSSR count). The number of nitriles is 1. The Bertz CT molecular complexity index is 1260. The van der Waals surface area contributed by atoms with Gasteiger partial charge in [-0.3, -0.25) is 14.4 Å².